The molecule has 1 amide bonds. The minimum absolute atomic E-state index is 0.179. The van der Waals surface area contributed by atoms with E-state index in [-0.39, 0.29) is 29.3 Å². The van der Waals surface area contributed by atoms with Crippen molar-refractivity contribution in [3.63, 3.8) is 0 Å². The van der Waals surface area contributed by atoms with Crippen LogP contribution in [0.4, 0.5) is 13.2 Å². The summed E-state index contributed by atoms with van der Waals surface area (Å²) in [5.41, 5.74) is 2.93. The van der Waals surface area contributed by atoms with Crippen molar-refractivity contribution < 1.29 is 27.1 Å². The molecule has 35 heavy (non-hydrogen) atoms. The number of furan rings is 1. The molecule has 1 heterocycles. The summed E-state index contributed by atoms with van der Waals surface area (Å²) in [5.74, 6) is 0.328. The minimum Gasteiger partial charge on any atom is -0.488 e. The lowest BCUT2D eigenvalue weighted by molar-refractivity contribution is -0.137. The summed E-state index contributed by atoms with van der Waals surface area (Å²) in [5, 5.41) is 4.44. The normalized spacial score (nSPS) is 11.5. The minimum atomic E-state index is -4.45. The third-order valence-corrected chi connectivity index (χ3v) is 5.30. The highest BCUT2D eigenvalue weighted by Gasteiger charge is 2.30. The van der Waals surface area contributed by atoms with Crippen LogP contribution >= 0.6 is 11.6 Å². The van der Waals surface area contributed by atoms with Crippen molar-refractivity contribution in [1.82, 2.24) is 5.43 Å². The van der Waals surface area contributed by atoms with Gasteiger partial charge in [0.1, 0.15) is 23.9 Å². The number of carbonyl (C=O) groups excluding carboxylic acids is 1. The van der Waals surface area contributed by atoms with Gasteiger partial charge in [-0.15, -0.1) is 0 Å². The number of nitrogens with one attached hydrogen (secondary N) is 1. The first-order valence-electron chi connectivity index (χ1n) is 10.4. The van der Waals surface area contributed by atoms with E-state index in [4.69, 9.17) is 20.8 Å². The average molecular weight is 499 g/mol. The Hall–Kier alpha value is -4.04. The van der Waals surface area contributed by atoms with Gasteiger partial charge in [-0.25, -0.2) is 5.43 Å². The smallest absolute Gasteiger partial charge is 0.416 e. The Morgan fingerprint density at radius 1 is 1.00 bits per heavy atom. The fourth-order valence-corrected chi connectivity index (χ4v) is 3.38. The molecule has 4 aromatic rings. The summed E-state index contributed by atoms with van der Waals surface area (Å²) >= 11 is 6.15. The Morgan fingerprint density at radius 2 is 1.77 bits per heavy atom. The van der Waals surface area contributed by atoms with Gasteiger partial charge in [-0.1, -0.05) is 54.1 Å². The molecule has 1 N–H and O–H groups in total. The zero-order valence-corrected chi connectivity index (χ0v) is 18.8. The summed E-state index contributed by atoms with van der Waals surface area (Å²) in [7, 11) is 0. The number of hydrazone groups is 1. The molecule has 9 heteroatoms. The molecule has 0 spiro atoms. The maximum absolute atomic E-state index is 12.9. The van der Waals surface area contributed by atoms with Gasteiger partial charge >= 0.3 is 6.18 Å². The van der Waals surface area contributed by atoms with E-state index in [1.54, 1.807) is 30.3 Å². The van der Waals surface area contributed by atoms with Crippen LogP contribution in [0.2, 0.25) is 5.02 Å². The van der Waals surface area contributed by atoms with Crippen LogP contribution < -0.4 is 10.2 Å². The molecular formula is C26H18ClF3N2O3. The Kier molecular flexibility index (Phi) is 7.22. The summed E-state index contributed by atoms with van der Waals surface area (Å²) in [4.78, 5) is 12.6. The van der Waals surface area contributed by atoms with Crippen LogP contribution in [0.25, 0.3) is 11.3 Å². The second-order valence-corrected chi connectivity index (χ2v) is 7.76. The van der Waals surface area contributed by atoms with Crippen molar-refractivity contribution >= 4 is 23.7 Å². The molecule has 0 saturated carbocycles. The number of amides is 1. The molecule has 0 aliphatic rings. The molecule has 0 unspecified atom stereocenters. The predicted molar refractivity (Wildman–Crippen MR) is 126 cm³/mol. The highest BCUT2D eigenvalue weighted by Crippen LogP contribution is 2.32. The lowest BCUT2D eigenvalue weighted by Crippen LogP contribution is -2.18. The molecule has 5 nitrogen and oxygen atoms in total. The number of halogens is 4. The summed E-state index contributed by atoms with van der Waals surface area (Å²) in [6, 6.07) is 21.8. The second-order valence-electron chi connectivity index (χ2n) is 7.36. The van der Waals surface area contributed by atoms with E-state index >= 15 is 0 Å². The molecule has 0 aliphatic carbocycles. The van der Waals surface area contributed by atoms with Crippen molar-refractivity contribution in [2.45, 2.75) is 12.8 Å². The summed E-state index contributed by atoms with van der Waals surface area (Å²) in [6.45, 7) is 0.179. The van der Waals surface area contributed by atoms with Crippen molar-refractivity contribution in [3.05, 3.63) is 112 Å². The van der Waals surface area contributed by atoms with Gasteiger partial charge in [0.05, 0.1) is 17.3 Å². The van der Waals surface area contributed by atoms with Crippen LogP contribution in [0.5, 0.6) is 5.75 Å². The maximum Gasteiger partial charge on any atom is 0.416 e. The molecule has 3 aromatic carbocycles. The van der Waals surface area contributed by atoms with Crippen molar-refractivity contribution in [2.24, 2.45) is 5.10 Å². The van der Waals surface area contributed by atoms with Crippen molar-refractivity contribution in [3.8, 4) is 17.1 Å². The molecule has 178 valence electrons. The molecule has 1 aromatic heterocycles. The van der Waals surface area contributed by atoms with Crippen LogP contribution in [0.1, 0.15) is 27.2 Å². The number of benzene rings is 3. The zero-order valence-electron chi connectivity index (χ0n) is 18.1. The molecule has 0 saturated heterocycles. The van der Waals surface area contributed by atoms with E-state index in [0.29, 0.717) is 10.8 Å². The molecule has 4 rings (SSSR count). The molecule has 0 fully saturated rings. The van der Waals surface area contributed by atoms with E-state index < -0.39 is 17.6 Å². The van der Waals surface area contributed by atoms with Crippen LogP contribution in [0.3, 0.4) is 0 Å². The number of para-hydroxylation sites is 1. The number of nitrogens with zero attached hydrogens (tertiary/aromatic N) is 1. The Bertz CT molecular complexity index is 1370. The fourth-order valence-electron chi connectivity index (χ4n) is 3.19. The molecule has 0 aliphatic heterocycles. The topological polar surface area (TPSA) is 63.8 Å². The highest BCUT2D eigenvalue weighted by atomic mass is 35.5. The number of rotatable bonds is 7. The zero-order chi connectivity index (χ0) is 24.8. The van der Waals surface area contributed by atoms with Gasteiger partial charge < -0.3 is 9.15 Å². The first-order chi connectivity index (χ1) is 16.8. The van der Waals surface area contributed by atoms with E-state index in [0.717, 1.165) is 17.7 Å². The third-order valence-electron chi connectivity index (χ3n) is 4.93. The number of ether oxygens (including phenoxy) is 1. The lowest BCUT2D eigenvalue weighted by Gasteiger charge is -2.11. The number of hydrogen-bond acceptors (Lipinski definition) is 4. The SMILES string of the molecule is O=C(N/N=C/c1ccc(-c2cccc(C(F)(F)F)c2)o1)c1ccccc1OCc1ccccc1Cl. The van der Waals surface area contributed by atoms with E-state index in [2.05, 4.69) is 10.5 Å². The van der Waals surface area contributed by atoms with Crippen molar-refractivity contribution in [1.29, 1.82) is 0 Å². The van der Waals surface area contributed by atoms with Crippen molar-refractivity contribution in [2.75, 3.05) is 0 Å². The number of hydrogen-bond donors (Lipinski definition) is 1. The van der Waals surface area contributed by atoms with Gasteiger partial charge in [0.2, 0.25) is 0 Å². The molecule has 0 bridgehead atoms. The summed E-state index contributed by atoms with van der Waals surface area (Å²) in [6.07, 6.45) is -3.20. The van der Waals surface area contributed by atoms with Gasteiger partial charge in [-0.3, -0.25) is 4.79 Å². The second kappa shape index (κ2) is 10.5. The fraction of sp³-hybridized carbons (Fsp3) is 0.0769. The standard InChI is InChI=1S/C26H18ClF3N2O3/c27-22-10-3-1-6-18(22)16-34-24-11-4-2-9-21(24)25(33)32-31-15-20-12-13-23(35-20)17-7-5-8-19(14-17)26(28,29)30/h1-15H,16H2,(H,32,33)/b31-15+. The monoisotopic (exact) mass is 498 g/mol. The Balaban J connectivity index is 1.41. The van der Waals surface area contributed by atoms with Crippen LogP contribution in [-0.4, -0.2) is 12.1 Å². The first-order valence-corrected chi connectivity index (χ1v) is 10.7. The van der Waals surface area contributed by atoms with Gasteiger partial charge in [0.25, 0.3) is 5.91 Å². The van der Waals surface area contributed by atoms with E-state index in [1.165, 1.54) is 30.5 Å². The number of alkyl halides is 3. The van der Waals surface area contributed by atoms with Gasteiger partial charge in [0, 0.05) is 16.1 Å². The molecular weight excluding hydrogens is 481 g/mol. The lowest BCUT2D eigenvalue weighted by atomic mass is 10.1. The quantitative estimate of drug-likeness (QED) is 0.221. The third kappa shape index (κ3) is 6.10. The van der Waals surface area contributed by atoms with Gasteiger partial charge in [-0.05, 0) is 42.5 Å². The highest BCUT2D eigenvalue weighted by molar-refractivity contribution is 6.31. The van der Waals surface area contributed by atoms with Crippen LogP contribution in [0, 0.1) is 0 Å². The van der Waals surface area contributed by atoms with Crippen LogP contribution in [-0.2, 0) is 12.8 Å². The van der Waals surface area contributed by atoms with E-state index in [1.807, 2.05) is 18.2 Å². The number of carbonyl (C=O) groups is 1. The maximum atomic E-state index is 12.9. The Labute approximate surface area is 203 Å². The van der Waals surface area contributed by atoms with Crippen LogP contribution in [0.15, 0.2) is 94.4 Å². The largest absolute Gasteiger partial charge is 0.488 e. The molecule has 0 radical (unpaired) electrons. The Morgan fingerprint density at radius 3 is 2.57 bits per heavy atom. The van der Waals surface area contributed by atoms with E-state index in [9.17, 15) is 18.0 Å². The summed E-state index contributed by atoms with van der Waals surface area (Å²) < 4.78 is 50.2. The van der Waals surface area contributed by atoms with Gasteiger partial charge in [-0.2, -0.15) is 18.3 Å². The molecule has 0 atom stereocenters. The van der Waals surface area contributed by atoms with Gasteiger partial charge in [0.15, 0.2) is 0 Å². The predicted octanol–water partition coefficient (Wildman–Crippen LogP) is 6.96. The first kappa shape index (κ1) is 24.1. The average Bonchev–Trinajstić information content (AvgIpc) is 3.32.